The maximum Gasteiger partial charge on any atom is 0.435 e. The van der Waals surface area contributed by atoms with Gasteiger partial charge in [-0.3, -0.25) is 4.79 Å². The Morgan fingerprint density at radius 1 is 0.977 bits per heavy atom. The predicted molar refractivity (Wildman–Crippen MR) is 178 cm³/mol. The first-order chi connectivity index (χ1) is 20.8. The first-order valence-corrected chi connectivity index (χ1v) is 16.4. The highest BCUT2D eigenvalue weighted by molar-refractivity contribution is 9.09. The molecule has 1 aliphatic rings. The molecule has 2 aromatic heterocycles. The molecule has 0 amide bonds. The van der Waals surface area contributed by atoms with E-state index in [1.54, 1.807) is 7.11 Å². The third-order valence-electron chi connectivity index (χ3n) is 6.73. The van der Waals surface area contributed by atoms with Gasteiger partial charge >= 0.3 is 12.1 Å². The Labute approximate surface area is 270 Å². The molecule has 2 heterocycles. The van der Waals surface area contributed by atoms with Gasteiger partial charge in [0.2, 0.25) is 0 Å². The van der Waals surface area contributed by atoms with Crippen molar-refractivity contribution in [1.29, 1.82) is 0 Å². The highest BCUT2D eigenvalue weighted by Crippen LogP contribution is 2.48. The van der Waals surface area contributed by atoms with E-state index in [1.165, 1.54) is 16.0 Å². The molecule has 0 N–H and O–H groups in total. The number of carbonyl (C=O) groups excluding carboxylic acids is 2. The summed E-state index contributed by atoms with van der Waals surface area (Å²) in [6.07, 6.45) is 2.21. The van der Waals surface area contributed by atoms with Crippen molar-refractivity contribution in [2.24, 2.45) is 0 Å². The summed E-state index contributed by atoms with van der Waals surface area (Å²) in [5.41, 5.74) is 2.91. The fourth-order valence-electron chi connectivity index (χ4n) is 4.97. The van der Waals surface area contributed by atoms with Crippen molar-refractivity contribution in [2.75, 3.05) is 19.0 Å². The molecule has 0 aliphatic heterocycles. The maximum absolute atomic E-state index is 13.9. The lowest BCUT2D eigenvalue weighted by atomic mass is 9.93. The van der Waals surface area contributed by atoms with Gasteiger partial charge in [-0.1, -0.05) is 34.1 Å². The minimum absolute atomic E-state index is 0.398. The lowest BCUT2D eigenvalue weighted by Gasteiger charge is -2.24. The zero-order chi connectivity index (χ0) is 31.8. The number of rotatable bonds is 8. The number of benzene rings is 2. The molecular formula is C34H37BrN2O6S. The quantitative estimate of drug-likeness (QED) is 0.104. The smallest absolute Gasteiger partial charge is 0.435 e. The number of hydrogen-bond acceptors (Lipinski definition) is 8. The number of hydrogen-bond donors (Lipinski definition) is 0. The molecule has 44 heavy (non-hydrogen) atoms. The molecule has 10 heteroatoms. The Bertz CT molecular complexity index is 1740. The van der Waals surface area contributed by atoms with Gasteiger partial charge in [-0.15, -0.1) is 11.3 Å². The number of aromatic nitrogens is 2. The molecule has 1 aliphatic carbocycles. The summed E-state index contributed by atoms with van der Waals surface area (Å²) >= 11 is 4.93. The van der Waals surface area contributed by atoms with Crippen LogP contribution in [0.4, 0.5) is 4.79 Å². The third-order valence-corrected chi connectivity index (χ3v) is 8.47. The molecule has 1 atom stereocenters. The van der Waals surface area contributed by atoms with Gasteiger partial charge in [0.1, 0.15) is 34.3 Å². The average molecular weight is 682 g/mol. The van der Waals surface area contributed by atoms with Crippen molar-refractivity contribution in [1.82, 2.24) is 9.78 Å². The first-order valence-electron chi connectivity index (χ1n) is 14.5. The van der Waals surface area contributed by atoms with Crippen LogP contribution in [0.1, 0.15) is 70.7 Å². The molecular weight excluding hydrogens is 644 g/mol. The van der Waals surface area contributed by atoms with Crippen LogP contribution in [0.15, 0.2) is 48.5 Å². The second kappa shape index (κ2) is 12.4. The zero-order valence-electron chi connectivity index (χ0n) is 26.0. The van der Waals surface area contributed by atoms with Gasteiger partial charge in [-0.25, -0.2) is 4.79 Å². The molecule has 0 spiro atoms. The second-order valence-electron chi connectivity index (χ2n) is 12.5. The summed E-state index contributed by atoms with van der Waals surface area (Å²) in [6, 6.07) is 15.4. The molecule has 8 nitrogen and oxygen atoms in total. The maximum atomic E-state index is 13.9. The van der Waals surface area contributed by atoms with Crippen molar-refractivity contribution in [3.8, 4) is 21.9 Å². The van der Waals surface area contributed by atoms with Crippen LogP contribution in [0.5, 0.6) is 11.5 Å². The number of nitrogens with zero attached hydrogens (tertiary/aromatic N) is 2. The number of ether oxygens (including phenoxy) is 4. The zero-order valence-corrected chi connectivity index (χ0v) is 28.4. The van der Waals surface area contributed by atoms with Crippen molar-refractivity contribution in [2.45, 2.75) is 65.1 Å². The average Bonchev–Trinajstić information content (AvgIpc) is 3.63. The van der Waals surface area contributed by atoms with E-state index in [0.717, 1.165) is 43.8 Å². The minimum atomic E-state index is -0.767. The van der Waals surface area contributed by atoms with E-state index in [-0.39, 0.29) is 0 Å². The molecule has 2 aromatic carbocycles. The summed E-state index contributed by atoms with van der Waals surface area (Å²) in [7, 11) is 1.63. The summed E-state index contributed by atoms with van der Waals surface area (Å²) in [5, 5.41) is 5.63. The molecule has 4 aromatic rings. The van der Waals surface area contributed by atoms with Gasteiger partial charge in [-0.05, 0) is 101 Å². The monoisotopic (exact) mass is 680 g/mol. The number of halogens is 1. The highest BCUT2D eigenvalue weighted by atomic mass is 79.9. The van der Waals surface area contributed by atoms with Crippen LogP contribution >= 0.6 is 27.3 Å². The lowest BCUT2D eigenvalue weighted by molar-refractivity contribution is -0.155. The van der Waals surface area contributed by atoms with E-state index < -0.39 is 29.2 Å². The normalized spacial score (nSPS) is 14.7. The van der Waals surface area contributed by atoms with Crippen LogP contribution in [0.2, 0.25) is 0 Å². The number of alkyl halides is 1. The third kappa shape index (κ3) is 6.86. The summed E-state index contributed by atoms with van der Waals surface area (Å²) < 4.78 is 25.1. The van der Waals surface area contributed by atoms with Gasteiger partial charge < -0.3 is 18.9 Å². The largest absolute Gasteiger partial charge is 0.497 e. The van der Waals surface area contributed by atoms with E-state index in [2.05, 4.69) is 15.9 Å². The Balaban J connectivity index is 1.67. The minimum Gasteiger partial charge on any atom is -0.497 e. The highest BCUT2D eigenvalue weighted by Gasteiger charge is 2.39. The Kier molecular flexibility index (Phi) is 8.96. The van der Waals surface area contributed by atoms with Gasteiger partial charge in [0.15, 0.2) is 0 Å². The van der Waals surface area contributed by atoms with Crippen LogP contribution in [0.3, 0.4) is 0 Å². The predicted octanol–water partition coefficient (Wildman–Crippen LogP) is 8.70. The number of carbonyl (C=O) groups is 2. The van der Waals surface area contributed by atoms with E-state index in [9.17, 15) is 9.59 Å². The summed E-state index contributed by atoms with van der Waals surface area (Å²) in [4.78, 5) is 28.3. The number of esters is 1. The van der Waals surface area contributed by atoms with Gasteiger partial charge in [0.25, 0.3) is 0 Å². The number of thiophene rings is 1. The van der Waals surface area contributed by atoms with E-state index in [0.29, 0.717) is 29.1 Å². The Hall–Kier alpha value is -3.63. The molecule has 0 bridgehead atoms. The van der Waals surface area contributed by atoms with Crippen LogP contribution in [0.25, 0.3) is 32.3 Å². The number of methoxy groups -OCH3 is 1. The topological polar surface area (TPSA) is 88.9 Å². The van der Waals surface area contributed by atoms with Gasteiger partial charge in [0, 0.05) is 15.8 Å². The molecule has 1 unspecified atom stereocenters. The first kappa shape index (κ1) is 31.8. The van der Waals surface area contributed by atoms with Crippen molar-refractivity contribution >= 4 is 61.2 Å². The van der Waals surface area contributed by atoms with Crippen LogP contribution in [0, 0.1) is 0 Å². The number of fused-ring (bicyclic) bond motifs is 2. The molecule has 0 saturated carbocycles. The van der Waals surface area contributed by atoms with Crippen molar-refractivity contribution < 1.29 is 28.5 Å². The van der Waals surface area contributed by atoms with E-state index in [1.807, 2.05) is 96.1 Å². The Morgan fingerprint density at radius 2 is 1.73 bits per heavy atom. The van der Waals surface area contributed by atoms with Gasteiger partial charge in [0.05, 0.1) is 23.9 Å². The van der Waals surface area contributed by atoms with Crippen LogP contribution < -0.4 is 9.47 Å². The van der Waals surface area contributed by atoms with Crippen LogP contribution in [-0.4, -0.2) is 52.1 Å². The second-order valence-corrected chi connectivity index (χ2v) is 14.4. The molecule has 0 saturated heterocycles. The molecule has 0 fully saturated rings. The molecule has 0 radical (unpaired) electrons. The SMILES string of the molecule is COc1cccc(-c2cc3c(s2)c(C2=Cc4ccc(OCCCBr)cc4C2C(=O)OC(C)(C)C)nn3C(=O)OC(C)(C)C)c1. The standard InChI is InChI=1S/C34H37BrN2O6S/c1-33(2,3)42-31(38)28-24-18-23(41-15-9-14-35)13-12-20(24)17-25(28)29-30-26(37(36-29)32(39)43-34(4,5)6)19-27(44-30)21-10-8-11-22(16-21)40-7/h8,10-13,16-19,28H,9,14-15H2,1-7H3. The van der Waals surface area contributed by atoms with Gasteiger partial charge in [-0.2, -0.15) is 9.78 Å². The summed E-state index contributed by atoms with van der Waals surface area (Å²) in [5.74, 6) is 0.233. The van der Waals surface area contributed by atoms with Crippen molar-refractivity contribution in [3.05, 3.63) is 65.4 Å². The molecule has 5 rings (SSSR count). The fraction of sp³-hybridized carbons (Fsp3) is 0.382. The Morgan fingerprint density at radius 3 is 2.41 bits per heavy atom. The fourth-order valence-corrected chi connectivity index (χ4v) is 6.34. The van der Waals surface area contributed by atoms with E-state index in [4.69, 9.17) is 24.0 Å². The lowest BCUT2D eigenvalue weighted by Crippen LogP contribution is -2.28. The van der Waals surface area contributed by atoms with Crippen LogP contribution in [-0.2, 0) is 14.3 Å². The van der Waals surface area contributed by atoms with Crippen molar-refractivity contribution in [3.63, 3.8) is 0 Å². The van der Waals surface area contributed by atoms with E-state index >= 15 is 0 Å². The summed E-state index contributed by atoms with van der Waals surface area (Å²) in [6.45, 7) is 11.5. The molecule has 232 valence electrons.